The third kappa shape index (κ3) is 4.41. The molecular formula is C21H30N4O2S. The van der Waals surface area contributed by atoms with Gasteiger partial charge in [0.2, 0.25) is 5.91 Å². The zero-order valence-electron chi connectivity index (χ0n) is 17.7. The molecule has 1 amide bonds. The molecule has 0 spiro atoms. The van der Waals surface area contributed by atoms with E-state index < -0.39 is 5.41 Å². The van der Waals surface area contributed by atoms with Crippen LogP contribution >= 0.6 is 11.3 Å². The Labute approximate surface area is 171 Å². The van der Waals surface area contributed by atoms with Crippen molar-refractivity contribution < 1.29 is 9.53 Å². The van der Waals surface area contributed by atoms with Crippen molar-refractivity contribution in [2.45, 2.75) is 66.5 Å². The molecule has 0 unspecified atom stereocenters. The Hall–Kier alpha value is -1.86. The van der Waals surface area contributed by atoms with Crippen molar-refractivity contribution in [3.05, 3.63) is 28.2 Å². The highest BCUT2D eigenvalue weighted by Crippen LogP contribution is 2.34. The number of methoxy groups -OCH3 is 1. The van der Waals surface area contributed by atoms with Crippen LogP contribution in [0.3, 0.4) is 0 Å². The van der Waals surface area contributed by atoms with Gasteiger partial charge in [-0.25, -0.2) is 15.0 Å². The molecule has 7 heteroatoms. The van der Waals surface area contributed by atoms with E-state index in [0.717, 1.165) is 58.6 Å². The summed E-state index contributed by atoms with van der Waals surface area (Å²) in [6.07, 6.45) is 3.01. The third-order valence-electron chi connectivity index (χ3n) is 4.96. The normalized spacial score (nSPS) is 17.8. The quantitative estimate of drug-likeness (QED) is 0.755. The molecule has 0 aliphatic carbocycles. The van der Waals surface area contributed by atoms with Crippen LogP contribution in [-0.2, 0) is 16.1 Å². The van der Waals surface area contributed by atoms with E-state index >= 15 is 0 Å². The molecule has 2 aromatic rings. The maximum Gasteiger partial charge on any atom is 0.228 e. The monoisotopic (exact) mass is 402 g/mol. The van der Waals surface area contributed by atoms with Crippen LogP contribution in [0, 0.1) is 19.3 Å². The molecule has 1 aliphatic heterocycles. The molecule has 1 atom stereocenters. The molecule has 2 aromatic heterocycles. The standard InChI is InChI=1S/C21H30N4O2S/c1-13-11-15(19-23-14(2)17(28-19)12-27-6)24-18(22-13)16-9-7-8-10-25(16)20(26)21(3,4)5/h11,16H,7-10,12H2,1-6H3/t16-/m1/s1. The van der Waals surface area contributed by atoms with Crippen molar-refractivity contribution in [2.75, 3.05) is 13.7 Å². The van der Waals surface area contributed by atoms with E-state index in [9.17, 15) is 4.79 Å². The predicted molar refractivity (Wildman–Crippen MR) is 111 cm³/mol. The van der Waals surface area contributed by atoms with Crippen LogP contribution < -0.4 is 0 Å². The van der Waals surface area contributed by atoms with Gasteiger partial charge in [-0.1, -0.05) is 20.8 Å². The number of carbonyl (C=O) groups excluding carboxylic acids is 1. The molecule has 0 saturated carbocycles. The van der Waals surface area contributed by atoms with Crippen LogP contribution in [0.15, 0.2) is 6.07 Å². The minimum absolute atomic E-state index is 0.0707. The number of hydrogen-bond acceptors (Lipinski definition) is 6. The fourth-order valence-electron chi connectivity index (χ4n) is 3.53. The molecular weight excluding hydrogens is 372 g/mol. The number of nitrogens with zero attached hydrogens (tertiary/aromatic N) is 4. The number of thiazole rings is 1. The zero-order chi connectivity index (χ0) is 20.5. The summed E-state index contributed by atoms with van der Waals surface area (Å²) in [5.74, 6) is 0.893. The van der Waals surface area contributed by atoms with Crippen molar-refractivity contribution in [2.24, 2.45) is 5.41 Å². The predicted octanol–water partition coefficient (Wildman–Crippen LogP) is 4.46. The van der Waals surface area contributed by atoms with E-state index in [1.807, 2.05) is 45.6 Å². The first kappa shape index (κ1) is 20.9. The average molecular weight is 403 g/mol. The van der Waals surface area contributed by atoms with E-state index in [0.29, 0.717) is 6.61 Å². The van der Waals surface area contributed by atoms with Crippen LogP contribution in [0.2, 0.25) is 0 Å². The second-order valence-corrected chi connectivity index (χ2v) is 9.56. The third-order valence-corrected chi connectivity index (χ3v) is 6.12. The van der Waals surface area contributed by atoms with Gasteiger partial charge in [0, 0.05) is 24.8 Å². The molecule has 0 aromatic carbocycles. The number of rotatable bonds is 4. The van der Waals surface area contributed by atoms with Crippen molar-refractivity contribution in [3.8, 4) is 10.7 Å². The van der Waals surface area contributed by atoms with Gasteiger partial charge in [-0.05, 0) is 39.2 Å². The van der Waals surface area contributed by atoms with Gasteiger partial charge in [0.1, 0.15) is 10.7 Å². The molecule has 1 aliphatic rings. The Morgan fingerprint density at radius 1 is 1.25 bits per heavy atom. The average Bonchev–Trinajstić information content (AvgIpc) is 3.01. The summed E-state index contributed by atoms with van der Waals surface area (Å²) >= 11 is 1.61. The Morgan fingerprint density at radius 3 is 2.68 bits per heavy atom. The van der Waals surface area contributed by atoms with Crippen molar-refractivity contribution in [1.82, 2.24) is 19.9 Å². The maximum absolute atomic E-state index is 13.0. The zero-order valence-corrected chi connectivity index (χ0v) is 18.5. The highest BCUT2D eigenvalue weighted by atomic mass is 32.1. The molecule has 0 N–H and O–H groups in total. The van der Waals surface area contributed by atoms with Gasteiger partial charge < -0.3 is 9.64 Å². The van der Waals surface area contributed by atoms with E-state index in [1.165, 1.54) is 0 Å². The van der Waals surface area contributed by atoms with Crippen LogP contribution in [-0.4, -0.2) is 39.4 Å². The summed E-state index contributed by atoms with van der Waals surface area (Å²) in [5, 5.41) is 0.876. The van der Waals surface area contributed by atoms with E-state index in [2.05, 4.69) is 4.98 Å². The second kappa shape index (κ2) is 8.25. The molecule has 28 heavy (non-hydrogen) atoms. The topological polar surface area (TPSA) is 68.2 Å². The van der Waals surface area contributed by atoms with E-state index in [4.69, 9.17) is 14.7 Å². The lowest BCUT2D eigenvalue weighted by molar-refractivity contribution is -0.143. The maximum atomic E-state index is 13.0. The lowest BCUT2D eigenvalue weighted by Gasteiger charge is -2.38. The lowest BCUT2D eigenvalue weighted by Crippen LogP contribution is -2.44. The van der Waals surface area contributed by atoms with Gasteiger partial charge in [0.25, 0.3) is 0 Å². The number of carbonyl (C=O) groups is 1. The van der Waals surface area contributed by atoms with Gasteiger partial charge in [0.05, 0.1) is 23.2 Å². The first-order chi connectivity index (χ1) is 13.2. The smallest absolute Gasteiger partial charge is 0.228 e. The molecule has 0 radical (unpaired) electrons. The fraction of sp³-hybridized carbons (Fsp3) is 0.619. The number of aryl methyl sites for hydroxylation is 2. The highest BCUT2D eigenvalue weighted by Gasteiger charge is 2.35. The molecule has 3 rings (SSSR count). The number of piperidine rings is 1. The number of likely N-dealkylation sites (tertiary alicyclic amines) is 1. The van der Waals surface area contributed by atoms with Gasteiger partial charge >= 0.3 is 0 Å². The summed E-state index contributed by atoms with van der Waals surface area (Å²) in [6, 6.07) is 1.90. The number of ether oxygens (including phenoxy) is 1. The van der Waals surface area contributed by atoms with Crippen LogP contribution in [0.25, 0.3) is 10.7 Å². The van der Waals surface area contributed by atoms with Gasteiger partial charge in [-0.15, -0.1) is 11.3 Å². The number of aromatic nitrogens is 3. The molecule has 6 nitrogen and oxygen atoms in total. The fourth-order valence-corrected chi connectivity index (χ4v) is 4.52. The van der Waals surface area contributed by atoms with Crippen molar-refractivity contribution in [1.29, 1.82) is 0 Å². The highest BCUT2D eigenvalue weighted by molar-refractivity contribution is 7.15. The van der Waals surface area contributed by atoms with E-state index in [-0.39, 0.29) is 11.9 Å². The summed E-state index contributed by atoms with van der Waals surface area (Å²) in [5.41, 5.74) is 2.28. The van der Waals surface area contributed by atoms with Crippen LogP contribution in [0.1, 0.15) is 68.2 Å². The minimum atomic E-state index is -0.413. The van der Waals surface area contributed by atoms with Crippen LogP contribution in [0.5, 0.6) is 0 Å². The van der Waals surface area contributed by atoms with Crippen molar-refractivity contribution in [3.63, 3.8) is 0 Å². The molecule has 1 fully saturated rings. The largest absolute Gasteiger partial charge is 0.379 e. The Morgan fingerprint density at radius 2 is 2.00 bits per heavy atom. The summed E-state index contributed by atoms with van der Waals surface area (Å²) in [6.45, 7) is 11.2. The SMILES string of the molecule is COCc1sc(-c2cc(C)nc([C@H]3CCCCN3C(=O)C(C)(C)C)n2)nc1C. The van der Waals surface area contributed by atoms with E-state index in [1.54, 1.807) is 18.4 Å². The molecule has 152 valence electrons. The Bertz CT molecular complexity index is 857. The van der Waals surface area contributed by atoms with Gasteiger partial charge in [-0.2, -0.15) is 0 Å². The minimum Gasteiger partial charge on any atom is -0.379 e. The molecule has 1 saturated heterocycles. The summed E-state index contributed by atoms with van der Waals surface area (Å²) in [4.78, 5) is 30.4. The first-order valence-electron chi connectivity index (χ1n) is 9.83. The Balaban J connectivity index is 1.98. The number of amides is 1. The first-order valence-corrected chi connectivity index (χ1v) is 10.6. The van der Waals surface area contributed by atoms with Crippen LogP contribution in [0.4, 0.5) is 0 Å². The molecule has 3 heterocycles. The van der Waals surface area contributed by atoms with Crippen molar-refractivity contribution >= 4 is 17.2 Å². The summed E-state index contributed by atoms with van der Waals surface area (Å²) < 4.78 is 5.27. The second-order valence-electron chi connectivity index (χ2n) is 8.47. The Kier molecular flexibility index (Phi) is 6.15. The lowest BCUT2D eigenvalue weighted by atomic mass is 9.91. The van der Waals surface area contributed by atoms with Gasteiger partial charge in [0.15, 0.2) is 5.82 Å². The molecule has 0 bridgehead atoms. The number of hydrogen-bond donors (Lipinski definition) is 0. The summed E-state index contributed by atoms with van der Waals surface area (Å²) in [7, 11) is 1.69. The van der Waals surface area contributed by atoms with Gasteiger partial charge in [-0.3, -0.25) is 4.79 Å².